The third-order valence-corrected chi connectivity index (χ3v) is 5.72. The fourth-order valence-electron chi connectivity index (χ4n) is 3.85. The van der Waals surface area contributed by atoms with Crippen LogP contribution < -0.4 is 15.8 Å². The van der Waals surface area contributed by atoms with Gasteiger partial charge >= 0.3 is 0 Å². The third kappa shape index (κ3) is 4.65. The van der Waals surface area contributed by atoms with Gasteiger partial charge in [-0.2, -0.15) is 9.78 Å². The molecule has 37 heavy (non-hydrogen) atoms. The lowest BCUT2D eigenvalue weighted by Crippen LogP contribution is -2.23. The van der Waals surface area contributed by atoms with E-state index >= 15 is 0 Å². The van der Waals surface area contributed by atoms with E-state index in [0.29, 0.717) is 27.9 Å². The molecule has 0 saturated carbocycles. The maximum Gasteiger partial charge on any atom is 0.270 e. The summed E-state index contributed by atoms with van der Waals surface area (Å²) in [5.41, 5.74) is 9.61. The number of nitrogens with zero attached hydrogens (tertiary/aromatic N) is 5. The number of nitro groups is 1. The number of methoxy groups -OCH3 is 1. The summed E-state index contributed by atoms with van der Waals surface area (Å²) in [6, 6.07) is 20.6. The topological polar surface area (TPSA) is 151 Å². The number of ether oxygens (including phenoxy) is 1. The Morgan fingerprint density at radius 1 is 1.11 bits per heavy atom. The van der Waals surface area contributed by atoms with Crippen LogP contribution >= 0.6 is 0 Å². The molecule has 0 atom stereocenters. The lowest BCUT2D eigenvalue weighted by atomic mass is 10.2. The average Bonchev–Trinajstić information content (AvgIpc) is 3.19. The third-order valence-electron chi connectivity index (χ3n) is 5.72. The second-order valence-electron chi connectivity index (χ2n) is 8.08. The van der Waals surface area contributed by atoms with Crippen molar-refractivity contribution in [2.45, 2.75) is 6.54 Å². The molecule has 0 fully saturated rings. The number of benzene rings is 3. The van der Waals surface area contributed by atoms with E-state index in [1.807, 2.05) is 36.4 Å². The molecule has 184 valence electrons. The number of nitrogens with one attached hydrogen (secondary N) is 1. The molecule has 0 bridgehead atoms. The first-order valence-electron chi connectivity index (χ1n) is 11.2. The molecule has 0 saturated heterocycles. The molecule has 0 aliphatic heterocycles. The molecular formula is C26H21N7O4. The number of nitrogen functional groups attached to an aromatic ring is 1. The molecular weight excluding hydrogens is 474 g/mol. The molecule has 11 heteroatoms. The van der Waals surface area contributed by atoms with Crippen molar-refractivity contribution in [3.63, 3.8) is 0 Å². The predicted molar refractivity (Wildman–Crippen MR) is 140 cm³/mol. The van der Waals surface area contributed by atoms with Crippen molar-refractivity contribution in [2.75, 3.05) is 12.8 Å². The number of nitro benzene ring substituents is 1. The number of aromatic nitrogens is 3. The predicted octanol–water partition coefficient (Wildman–Crippen LogP) is 3.90. The van der Waals surface area contributed by atoms with E-state index in [1.54, 1.807) is 31.4 Å². The number of nitrogens with two attached hydrogens (primary N) is 1. The molecule has 3 N–H and O–H groups in total. The van der Waals surface area contributed by atoms with Crippen molar-refractivity contribution >= 4 is 45.8 Å². The summed E-state index contributed by atoms with van der Waals surface area (Å²) in [5.74, 6) is 0.317. The van der Waals surface area contributed by atoms with Crippen LogP contribution in [-0.2, 0) is 6.54 Å². The van der Waals surface area contributed by atoms with Crippen LogP contribution in [0.3, 0.4) is 0 Å². The summed E-state index contributed by atoms with van der Waals surface area (Å²) in [5, 5.41) is 18.4. The van der Waals surface area contributed by atoms with Crippen LogP contribution in [0.15, 0.2) is 77.9 Å². The van der Waals surface area contributed by atoms with Crippen LogP contribution in [0.4, 0.5) is 11.5 Å². The maximum atomic E-state index is 13.3. The fourth-order valence-corrected chi connectivity index (χ4v) is 3.85. The van der Waals surface area contributed by atoms with Gasteiger partial charge in [-0.25, -0.2) is 9.97 Å². The van der Waals surface area contributed by atoms with Gasteiger partial charge in [-0.15, -0.1) is 0 Å². The van der Waals surface area contributed by atoms with Gasteiger partial charge in [-0.05, 0) is 29.8 Å². The number of carbonyl (C=O) groups excluding carboxylic acids is 1. The van der Waals surface area contributed by atoms with Gasteiger partial charge in [0.1, 0.15) is 22.6 Å². The number of anilines is 1. The number of amides is 1. The van der Waals surface area contributed by atoms with Crippen molar-refractivity contribution in [1.82, 2.24) is 20.0 Å². The minimum atomic E-state index is -0.486. The van der Waals surface area contributed by atoms with E-state index in [0.717, 1.165) is 5.56 Å². The Balaban J connectivity index is 1.55. The van der Waals surface area contributed by atoms with Crippen molar-refractivity contribution in [1.29, 1.82) is 0 Å². The maximum absolute atomic E-state index is 13.3. The van der Waals surface area contributed by atoms with Gasteiger partial charge in [0, 0.05) is 24.2 Å². The first-order valence-corrected chi connectivity index (χ1v) is 11.2. The summed E-state index contributed by atoms with van der Waals surface area (Å²) in [7, 11) is 1.58. The number of fused-ring (bicyclic) bond motifs is 2. The van der Waals surface area contributed by atoms with Crippen LogP contribution in [0.5, 0.6) is 5.75 Å². The second-order valence-corrected chi connectivity index (χ2v) is 8.08. The highest BCUT2D eigenvalue weighted by molar-refractivity contribution is 6.10. The van der Waals surface area contributed by atoms with Gasteiger partial charge in [0.05, 0.1) is 29.3 Å². The SMILES string of the molecule is COc1ccc(CNC(=O)c2c(N)n(/N=C\c3cccc([N+](=O)[O-])c3)c3nc4ccccc4nc23)cc1. The largest absolute Gasteiger partial charge is 0.497 e. The molecule has 0 spiro atoms. The van der Waals surface area contributed by atoms with E-state index in [2.05, 4.69) is 20.4 Å². The van der Waals surface area contributed by atoms with Gasteiger partial charge in [0.15, 0.2) is 5.65 Å². The Kier molecular flexibility index (Phi) is 6.17. The Bertz CT molecular complexity index is 1680. The van der Waals surface area contributed by atoms with Crippen LogP contribution in [0.1, 0.15) is 21.5 Å². The first kappa shape index (κ1) is 23.4. The van der Waals surface area contributed by atoms with Gasteiger partial charge < -0.3 is 15.8 Å². The van der Waals surface area contributed by atoms with Gasteiger partial charge in [0.25, 0.3) is 11.6 Å². The van der Waals surface area contributed by atoms with Crippen molar-refractivity contribution < 1.29 is 14.5 Å². The van der Waals surface area contributed by atoms with Crippen molar-refractivity contribution in [3.8, 4) is 5.75 Å². The van der Waals surface area contributed by atoms with Crippen molar-refractivity contribution in [2.24, 2.45) is 5.10 Å². The lowest BCUT2D eigenvalue weighted by Gasteiger charge is -2.06. The molecule has 0 unspecified atom stereocenters. The second kappa shape index (κ2) is 9.74. The van der Waals surface area contributed by atoms with Crippen LogP contribution in [-0.4, -0.2) is 38.8 Å². The molecule has 5 rings (SSSR count). The number of carbonyl (C=O) groups is 1. The van der Waals surface area contributed by atoms with E-state index < -0.39 is 10.8 Å². The smallest absolute Gasteiger partial charge is 0.270 e. The quantitative estimate of drug-likeness (QED) is 0.197. The van der Waals surface area contributed by atoms with E-state index in [4.69, 9.17) is 10.5 Å². The number of non-ortho nitro benzene ring substituents is 1. The number of hydrogen-bond donors (Lipinski definition) is 2. The Morgan fingerprint density at radius 2 is 1.84 bits per heavy atom. The summed E-state index contributed by atoms with van der Waals surface area (Å²) in [6.07, 6.45) is 1.42. The van der Waals surface area contributed by atoms with Crippen molar-refractivity contribution in [3.05, 3.63) is 99.6 Å². The number of para-hydroxylation sites is 2. The highest BCUT2D eigenvalue weighted by atomic mass is 16.6. The Hall–Kier alpha value is -5.32. The lowest BCUT2D eigenvalue weighted by molar-refractivity contribution is -0.384. The fraction of sp³-hybridized carbons (Fsp3) is 0.0769. The van der Waals surface area contributed by atoms with Gasteiger partial charge in [-0.1, -0.05) is 36.4 Å². The molecule has 1 amide bonds. The molecule has 0 aliphatic rings. The highest BCUT2D eigenvalue weighted by Gasteiger charge is 2.24. The molecule has 2 heterocycles. The summed E-state index contributed by atoms with van der Waals surface area (Å²) < 4.78 is 6.49. The molecule has 0 aliphatic carbocycles. The normalized spacial score (nSPS) is 11.3. The van der Waals surface area contributed by atoms with E-state index in [1.165, 1.54) is 23.0 Å². The highest BCUT2D eigenvalue weighted by Crippen LogP contribution is 2.28. The molecule has 0 radical (unpaired) electrons. The van der Waals surface area contributed by atoms with Crippen LogP contribution in [0.25, 0.3) is 22.2 Å². The van der Waals surface area contributed by atoms with E-state index in [9.17, 15) is 14.9 Å². The van der Waals surface area contributed by atoms with Gasteiger partial charge in [0.2, 0.25) is 0 Å². The molecule has 11 nitrogen and oxygen atoms in total. The number of hydrogen-bond acceptors (Lipinski definition) is 8. The standard InChI is InChI=1S/C26H21N7O4/c1-37-19-11-9-16(10-12-19)14-28-26(34)22-23-25(31-21-8-3-2-7-20(21)30-23)32(24(22)27)29-15-17-5-4-6-18(13-17)33(35)36/h2-13,15H,14,27H2,1H3,(H,28,34)/b29-15-. The summed E-state index contributed by atoms with van der Waals surface area (Å²) in [4.78, 5) is 33.2. The summed E-state index contributed by atoms with van der Waals surface area (Å²) in [6.45, 7) is 0.257. The zero-order chi connectivity index (χ0) is 25.9. The van der Waals surface area contributed by atoms with E-state index in [-0.39, 0.29) is 29.3 Å². The van der Waals surface area contributed by atoms with Gasteiger partial charge in [-0.3, -0.25) is 14.9 Å². The zero-order valence-corrected chi connectivity index (χ0v) is 19.7. The van der Waals surface area contributed by atoms with Crippen LogP contribution in [0.2, 0.25) is 0 Å². The first-order chi connectivity index (χ1) is 17.9. The minimum Gasteiger partial charge on any atom is -0.497 e. The summed E-state index contributed by atoms with van der Waals surface area (Å²) >= 11 is 0. The monoisotopic (exact) mass is 495 g/mol. The average molecular weight is 495 g/mol. The molecule has 2 aromatic heterocycles. The number of rotatable bonds is 7. The van der Waals surface area contributed by atoms with Crippen LogP contribution in [0, 0.1) is 10.1 Å². The minimum absolute atomic E-state index is 0.0409. The Labute approximate surface area is 210 Å². The molecule has 5 aromatic rings. The zero-order valence-electron chi connectivity index (χ0n) is 19.7. The molecule has 3 aromatic carbocycles. The Morgan fingerprint density at radius 3 is 2.54 bits per heavy atom.